The molecule has 120 valence electrons. The van der Waals surface area contributed by atoms with Crippen LogP contribution in [0.1, 0.15) is 49.2 Å². The van der Waals surface area contributed by atoms with E-state index in [1.807, 2.05) is 6.92 Å². The fourth-order valence-electron chi connectivity index (χ4n) is 2.62. The average Bonchev–Trinajstić information content (AvgIpc) is 2.92. The lowest BCUT2D eigenvalue weighted by Gasteiger charge is -2.31. The summed E-state index contributed by atoms with van der Waals surface area (Å²) in [7, 11) is 0. The zero-order valence-electron chi connectivity index (χ0n) is 13.3. The zero-order valence-corrected chi connectivity index (χ0v) is 13.3. The molecule has 0 bridgehead atoms. The van der Waals surface area contributed by atoms with Crippen LogP contribution in [0.3, 0.4) is 0 Å². The molecule has 2 aromatic rings. The third kappa shape index (κ3) is 3.27. The van der Waals surface area contributed by atoms with E-state index in [0.717, 1.165) is 18.2 Å². The van der Waals surface area contributed by atoms with E-state index in [4.69, 9.17) is 4.52 Å². The number of amides is 1. The minimum atomic E-state index is -0.167. The molecule has 6 heteroatoms. The van der Waals surface area contributed by atoms with Gasteiger partial charge in [0.2, 0.25) is 0 Å². The van der Waals surface area contributed by atoms with E-state index in [1.54, 1.807) is 6.07 Å². The Morgan fingerprint density at radius 1 is 1.41 bits per heavy atom. The standard InChI is InChI=1S/C16H23N3O3/c1-4-16(5-2,6-7-20)10-18-14(21)12-8-13-11(3)19-22-15(13)17-9-12/h8-9,20H,4-7,10H2,1-3H3,(H,18,21). The van der Waals surface area contributed by atoms with Gasteiger partial charge in [-0.1, -0.05) is 19.0 Å². The van der Waals surface area contributed by atoms with Crippen molar-refractivity contribution in [1.29, 1.82) is 0 Å². The maximum atomic E-state index is 12.3. The second-order valence-corrected chi connectivity index (χ2v) is 5.71. The number of hydrogen-bond donors (Lipinski definition) is 2. The second-order valence-electron chi connectivity index (χ2n) is 5.71. The van der Waals surface area contributed by atoms with Crippen LogP contribution >= 0.6 is 0 Å². The van der Waals surface area contributed by atoms with E-state index >= 15 is 0 Å². The third-order valence-electron chi connectivity index (χ3n) is 4.54. The van der Waals surface area contributed by atoms with Gasteiger partial charge in [0.05, 0.1) is 16.6 Å². The number of aliphatic hydroxyl groups is 1. The first-order valence-corrected chi connectivity index (χ1v) is 7.66. The molecular formula is C16H23N3O3. The molecule has 0 aromatic carbocycles. The summed E-state index contributed by atoms with van der Waals surface area (Å²) in [5.74, 6) is -0.167. The van der Waals surface area contributed by atoms with E-state index in [9.17, 15) is 9.90 Å². The molecule has 22 heavy (non-hydrogen) atoms. The quantitative estimate of drug-likeness (QED) is 0.820. The van der Waals surface area contributed by atoms with E-state index in [2.05, 4.69) is 29.3 Å². The molecule has 0 radical (unpaired) electrons. The Morgan fingerprint density at radius 2 is 2.14 bits per heavy atom. The lowest BCUT2D eigenvalue weighted by Crippen LogP contribution is -2.37. The Hall–Kier alpha value is -1.95. The van der Waals surface area contributed by atoms with Crippen LogP contribution in [0.2, 0.25) is 0 Å². The zero-order chi connectivity index (χ0) is 16.2. The minimum absolute atomic E-state index is 0.0605. The number of hydrogen-bond acceptors (Lipinski definition) is 5. The number of carbonyl (C=O) groups is 1. The molecule has 2 heterocycles. The smallest absolute Gasteiger partial charge is 0.257 e. The van der Waals surface area contributed by atoms with Crippen LogP contribution in [0.4, 0.5) is 0 Å². The molecule has 2 rings (SSSR count). The average molecular weight is 305 g/mol. The third-order valence-corrected chi connectivity index (χ3v) is 4.54. The van der Waals surface area contributed by atoms with E-state index in [0.29, 0.717) is 29.9 Å². The predicted molar refractivity (Wildman–Crippen MR) is 83.6 cm³/mol. The fraction of sp³-hybridized carbons (Fsp3) is 0.562. The number of nitrogens with zero attached hydrogens (tertiary/aromatic N) is 2. The van der Waals surface area contributed by atoms with Gasteiger partial charge in [-0.25, -0.2) is 4.98 Å². The first kappa shape index (κ1) is 16.4. The minimum Gasteiger partial charge on any atom is -0.396 e. The molecule has 0 saturated carbocycles. The number of carbonyl (C=O) groups excluding carboxylic acids is 1. The van der Waals surface area contributed by atoms with Crippen molar-refractivity contribution in [3.05, 3.63) is 23.5 Å². The van der Waals surface area contributed by atoms with Crippen LogP contribution in [-0.2, 0) is 0 Å². The van der Waals surface area contributed by atoms with Gasteiger partial charge in [-0.3, -0.25) is 4.79 Å². The van der Waals surface area contributed by atoms with Crippen molar-refractivity contribution in [2.75, 3.05) is 13.2 Å². The van der Waals surface area contributed by atoms with E-state index < -0.39 is 0 Å². The number of pyridine rings is 1. The number of rotatable bonds is 7. The molecule has 1 amide bonds. The lowest BCUT2D eigenvalue weighted by molar-refractivity contribution is 0.0907. The lowest BCUT2D eigenvalue weighted by atomic mass is 9.79. The monoisotopic (exact) mass is 305 g/mol. The normalized spacial score (nSPS) is 11.8. The summed E-state index contributed by atoms with van der Waals surface area (Å²) in [4.78, 5) is 16.5. The highest BCUT2D eigenvalue weighted by molar-refractivity contribution is 5.96. The van der Waals surface area contributed by atoms with Crippen LogP contribution < -0.4 is 5.32 Å². The topological polar surface area (TPSA) is 88.2 Å². The first-order chi connectivity index (χ1) is 10.5. The predicted octanol–water partition coefficient (Wildman–Crippen LogP) is 2.45. The Balaban J connectivity index is 2.11. The Morgan fingerprint density at radius 3 is 2.77 bits per heavy atom. The van der Waals surface area contributed by atoms with Crippen LogP contribution in [0, 0.1) is 12.3 Å². The summed E-state index contributed by atoms with van der Waals surface area (Å²) in [5, 5.41) is 16.8. The van der Waals surface area contributed by atoms with Gasteiger partial charge in [-0.15, -0.1) is 0 Å². The maximum Gasteiger partial charge on any atom is 0.257 e. The highest BCUT2D eigenvalue weighted by atomic mass is 16.5. The summed E-state index contributed by atoms with van der Waals surface area (Å²) in [5.41, 5.74) is 1.58. The van der Waals surface area contributed by atoms with Crippen molar-refractivity contribution in [2.24, 2.45) is 5.41 Å². The summed E-state index contributed by atoms with van der Waals surface area (Å²) < 4.78 is 5.04. The van der Waals surface area contributed by atoms with Gasteiger partial charge in [0, 0.05) is 19.3 Å². The largest absolute Gasteiger partial charge is 0.396 e. The SMILES string of the molecule is CCC(CC)(CCO)CNC(=O)c1cnc2onc(C)c2c1. The van der Waals surface area contributed by atoms with Crippen molar-refractivity contribution < 1.29 is 14.4 Å². The van der Waals surface area contributed by atoms with Gasteiger partial charge in [-0.2, -0.15) is 0 Å². The number of aliphatic hydroxyl groups excluding tert-OH is 1. The molecule has 0 fully saturated rings. The van der Waals surface area contributed by atoms with Crippen molar-refractivity contribution in [2.45, 2.75) is 40.0 Å². The number of fused-ring (bicyclic) bond motifs is 1. The van der Waals surface area contributed by atoms with Crippen molar-refractivity contribution >= 4 is 17.0 Å². The van der Waals surface area contributed by atoms with Gasteiger partial charge < -0.3 is 14.9 Å². The Bertz CT molecular complexity index is 647. The molecule has 0 aliphatic rings. The molecule has 0 aliphatic carbocycles. The summed E-state index contributed by atoms with van der Waals surface area (Å²) in [6.07, 6.45) is 4.00. The van der Waals surface area contributed by atoms with E-state index in [-0.39, 0.29) is 17.9 Å². The molecule has 0 unspecified atom stereocenters. The first-order valence-electron chi connectivity index (χ1n) is 7.66. The van der Waals surface area contributed by atoms with Gasteiger partial charge in [0.1, 0.15) is 0 Å². The van der Waals surface area contributed by atoms with Gasteiger partial charge in [0.15, 0.2) is 0 Å². The van der Waals surface area contributed by atoms with Crippen molar-refractivity contribution in [3.63, 3.8) is 0 Å². The van der Waals surface area contributed by atoms with Crippen LogP contribution in [0.25, 0.3) is 11.1 Å². The summed E-state index contributed by atoms with van der Waals surface area (Å²) in [6, 6.07) is 1.75. The molecule has 6 nitrogen and oxygen atoms in total. The van der Waals surface area contributed by atoms with Gasteiger partial charge in [-0.05, 0) is 37.7 Å². The summed E-state index contributed by atoms with van der Waals surface area (Å²) >= 11 is 0. The van der Waals surface area contributed by atoms with E-state index in [1.165, 1.54) is 6.20 Å². The molecule has 0 spiro atoms. The molecule has 0 saturated heterocycles. The summed E-state index contributed by atoms with van der Waals surface area (Å²) in [6.45, 7) is 6.65. The van der Waals surface area contributed by atoms with Gasteiger partial charge >= 0.3 is 0 Å². The molecular weight excluding hydrogens is 282 g/mol. The highest BCUT2D eigenvalue weighted by Crippen LogP contribution is 2.29. The van der Waals surface area contributed by atoms with Crippen LogP contribution in [0.5, 0.6) is 0 Å². The number of nitrogens with one attached hydrogen (secondary N) is 1. The van der Waals surface area contributed by atoms with Crippen LogP contribution in [0.15, 0.2) is 16.8 Å². The van der Waals surface area contributed by atoms with Crippen molar-refractivity contribution in [1.82, 2.24) is 15.5 Å². The second kappa shape index (κ2) is 6.87. The molecule has 2 N–H and O–H groups in total. The number of aryl methyl sites for hydroxylation is 1. The number of aromatic nitrogens is 2. The highest BCUT2D eigenvalue weighted by Gasteiger charge is 2.26. The molecule has 0 aliphatic heterocycles. The Labute approximate surface area is 129 Å². The van der Waals surface area contributed by atoms with Gasteiger partial charge in [0.25, 0.3) is 11.6 Å². The molecule has 0 atom stereocenters. The maximum absolute atomic E-state index is 12.3. The Kier molecular flexibility index (Phi) is 5.13. The van der Waals surface area contributed by atoms with Crippen molar-refractivity contribution in [3.8, 4) is 0 Å². The molecule has 2 aromatic heterocycles. The van der Waals surface area contributed by atoms with Crippen LogP contribution in [-0.4, -0.2) is 34.3 Å². The fourth-order valence-corrected chi connectivity index (χ4v) is 2.62.